The molecule has 0 bridgehead atoms. The monoisotopic (exact) mass is 384 g/mol. The van der Waals surface area contributed by atoms with Crippen LogP contribution in [0.3, 0.4) is 0 Å². The van der Waals surface area contributed by atoms with Gasteiger partial charge < -0.3 is 24.4 Å². The summed E-state index contributed by atoms with van der Waals surface area (Å²) in [5.41, 5.74) is 2.06. The minimum atomic E-state index is -0.211. The number of ether oxygens (including phenoxy) is 1. The molecule has 2 aromatic rings. The molecule has 0 fully saturated rings. The van der Waals surface area contributed by atoms with E-state index in [2.05, 4.69) is 9.88 Å². The fourth-order valence-corrected chi connectivity index (χ4v) is 3.66. The van der Waals surface area contributed by atoms with E-state index < -0.39 is 0 Å². The zero-order chi connectivity index (χ0) is 20.1. The molecule has 0 aliphatic carbocycles. The molecular formula is C21H28N4O3. The van der Waals surface area contributed by atoms with Gasteiger partial charge in [-0.25, -0.2) is 4.79 Å². The topological polar surface area (TPSA) is 66.8 Å². The third-order valence-corrected chi connectivity index (χ3v) is 5.09. The van der Waals surface area contributed by atoms with Gasteiger partial charge in [0.25, 0.3) is 0 Å². The Bertz CT molecular complexity index is 833. The molecule has 0 saturated heterocycles. The number of urea groups is 1. The zero-order valence-corrected chi connectivity index (χ0v) is 16.7. The molecule has 3 amide bonds. The lowest BCUT2D eigenvalue weighted by molar-refractivity contribution is -0.134. The molecule has 7 heteroatoms. The van der Waals surface area contributed by atoms with Crippen LogP contribution in [0, 0.1) is 0 Å². The molecule has 150 valence electrons. The smallest absolute Gasteiger partial charge is 0.317 e. The standard InChI is InChI=1S/C21H28N4O3/c1-4-22-21(27)23(5-2)15-19(26)25-13-12-24-11-7-10-18(24)20(25)16-8-6-9-17(14-16)28-3/h6-11,14,20H,4-5,12-13,15H2,1-3H3,(H,22,27). The Balaban J connectivity index is 1.90. The molecule has 1 N–H and O–H groups in total. The summed E-state index contributed by atoms with van der Waals surface area (Å²) in [5.74, 6) is 0.694. The lowest BCUT2D eigenvalue weighted by Crippen LogP contribution is -2.49. The maximum absolute atomic E-state index is 13.2. The van der Waals surface area contributed by atoms with Crippen LogP contribution < -0.4 is 10.1 Å². The van der Waals surface area contributed by atoms with E-state index in [9.17, 15) is 9.59 Å². The van der Waals surface area contributed by atoms with Crippen molar-refractivity contribution in [2.75, 3.05) is 33.3 Å². The van der Waals surface area contributed by atoms with Crippen molar-refractivity contribution in [2.24, 2.45) is 0 Å². The van der Waals surface area contributed by atoms with Gasteiger partial charge in [0.2, 0.25) is 5.91 Å². The number of hydrogen-bond donors (Lipinski definition) is 1. The Kier molecular flexibility index (Phi) is 6.23. The van der Waals surface area contributed by atoms with E-state index in [4.69, 9.17) is 4.74 Å². The number of benzene rings is 1. The summed E-state index contributed by atoms with van der Waals surface area (Å²) >= 11 is 0. The molecule has 1 aromatic carbocycles. The summed E-state index contributed by atoms with van der Waals surface area (Å²) in [7, 11) is 1.64. The highest BCUT2D eigenvalue weighted by Crippen LogP contribution is 2.34. The van der Waals surface area contributed by atoms with Gasteiger partial charge in [0.15, 0.2) is 0 Å². The first-order valence-corrected chi connectivity index (χ1v) is 9.70. The highest BCUT2D eigenvalue weighted by Gasteiger charge is 2.33. The fraction of sp³-hybridized carbons (Fsp3) is 0.429. The minimum Gasteiger partial charge on any atom is -0.497 e. The predicted molar refractivity (Wildman–Crippen MR) is 107 cm³/mol. The Hall–Kier alpha value is -2.96. The van der Waals surface area contributed by atoms with Gasteiger partial charge >= 0.3 is 6.03 Å². The molecular weight excluding hydrogens is 356 g/mol. The van der Waals surface area contributed by atoms with Crippen molar-refractivity contribution >= 4 is 11.9 Å². The van der Waals surface area contributed by atoms with Gasteiger partial charge in [-0.2, -0.15) is 0 Å². The van der Waals surface area contributed by atoms with Crippen LogP contribution in [0.15, 0.2) is 42.6 Å². The summed E-state index contributed by atoms with van der Waals surface area (Å²) in [6.07, 6.45) is 2.04. The number of amides is 3. The first-order chi connectivity index (χ1) is 13.6. The average molecular weight is 384 g/mol. The fourth-order valence-electron chi connectivity index (χ4n) is 3.66. The number of aromatic nitrogens is 1. The number of nitrogens with one attached hydrogen (secondary N) is 1. The highest BCUT2D eigenvalue weighted by molar-refractivity contribution is 5.84. The number of methoxy groups -OCH3 is 1. The zero-order valence-electron chi connectivity index (χ0n) is 16.7. The van der Waals surface area contributed by atoms with E-state index in [0.29, 0.717) is 19.6 Å². The van der Waals surface area contributed by atoms with Crippen molar-refractivity contribution in [3.63, 3.8) is 0 Å². The molecule has 0 radical (unpaired) electrons. The van der Waals surface area contributed by atoms with E-state index in [1.54, 1.807) is 12.0 Å². The van der Waals surface area contributed by atoms with E-state index in [0.717, 1.165) is 23.6 Å². The van der Waals surface area contributed by atoms with Crippen LogP contribution in [0.25, 0.3) is 0 Å². The molecule has 1 atom stereocenters. The van der Waals surface area contributed by atoms with Crippen LogP contribution >= 0.6 is 0 Å². The summed E-state index contributed by atoms with van der Waals surface area (Å²) in [5, 5.41) is 2.77. The summed E-state index contributed by atoms with van der Waals surface area (Å²) < 4.78 is 7.56. The first-order valence-electron chi connectivity index (χ1n) is 9.70. The van der Waals surface area contributed by atoms with Crippen molar-refractivity contribution in [2.45, 2.75) is 26.4 Å². The number of carbonyl (C=O) groups is 2. The second kappa shape index (κ2) is 8.82. The van der Waals surface area contributed by atoms with Crippen LogP contribution in [-0.2, 0) is 11.3 Å². The Labute approximate surface area is 165 Å². The van der Waals surface area contributed by atoms with E-state index in [-0.39, 0.29) is 24.5 Å². The molecule has 1 aliphatic heterocycles. The summed E-state index contributed by atoms with van der Waals surface area (Å²) in [4.78, 5) is 28.8. The third kappa shape index (κ3) is 3.98. The number of hydrogen-bond acceptors (Lipinski definition) is 3. The number of rotatable bonds is 6. The Morgan fingerprint density at radius 2 is 2.04 bits per heavy atom. The number of fused-ring (bicyclic) bond motifs is 1. The lowest BCUT2D eigenvalue weighted by atomic mass is 9.99. The SMILES string of the molecule is CCNC(=O)N(CC)CC(=O)N1CCn2cccc2C1c1cccc(OC)c1. The first kappa shape index (κ1) is 19.8. The molecule has 2 heterocycles. The minimum absolute atomic E-state index is 0.0590. The Morgan fingerprint density at radius 1 is 1.21 bits per heavy atom. The molecule has 1 aromatic heterocycles. The molecule has 0 spiro atoms. The van der Waals surface area contributed by atoms with Crippen LogP contribution in [-0.4, -0.2) is 59.6 Å². The molecule has 1 aliphatic rings. The summed E-state index contributed by atoms with van der Waals surface area (Å²) in [6, 6.07) is 11.4. The number of nitrogens with zero attached hydrogens (tertiary/aromatic N) is 3. The van der Waals surface area contributed by atoms with Crippen molar-refractivity contribution < 1.29 is 14.3 Å². The third-order valence-electron chi connectivity index (χ3n) is 5.09. The van der Waals surface area contributed by atoms with Crippen molar-refractivity contribution in [1.82, 2.24) is 19.7 Å². The summed E-state index contributed by atoms with van der Waals surface area (Å²) in [6.45, 7) is 6.15. The Morgan fingerprint density at radius 3 is 2.75 bits per heavy atom. The second-order valence-corrected chi connectivity index (χ2v) is 6.74. The average Bonchev–Trinajstić information content (AvgIpc) is 3.20. The normalized spacial score (nSPS) is 15.7. The van der Waals surface area contributed by atoms with E-state index in [1.165, 1.54) is 0 Å². The maximum atomic E-state index is 13.2. The van der Waals surface area contributed by atoms with Gasteiger partial charge in [0.05, 0.1) is 13.2 Å². The second-order valence-electron chi connectivity index (χ2n) is 6.74. The van der Waals surface area contributed by atoms with Crippen LogP contribution in [0.2, 0.25) is 0 Å². The molecule has 0 saturated carbocycles. The van der Waals surface area contributed by atoms with Crippen LogP contribution in [0.5, 0.6) is 5.75 Å². The van der Waals surface area contributed by atoms with Gasteiger partial charge in [-0.15, -0.1) is 0 Å². The van der Waals surface area contributed by atoms with Crippen molar-refractivity contribution in [1.29, 1.82) is 0 Å². The maximum Gasteiger partial charge on any atom is 0.317 e. The van der Waals surface area contributed by atoms with E-state index in [1.807, 2.05) is 61.3 Å². The van der Waals surface area contributed by atoms with Crippen molar-refractivity contribution in [3.05, 3.63) is 53.9 Å². The van der Waals surface area contributed by atoms with Gasteiger partial charge in [0, 0.05) is 38.1 Å². The molecule has 28 heavy (non-hydrogen) atoms. The van der Waals surface area contributed by atoms with Gasteiger partial charge in [-0.1, -0.05) is 12.1 Å². The van der Waals surface area contributed by atoms with Crippen LogP contribution in [0.1, 0.15) is 31.1 Å². The van der Waals surface area contributed by atoms with Gasteiger partial charge in [-0.05, 0) is 43.7 Å². The quantitative estimate of drug-likeness (QED) is 0.832. The van der Waals surface area contributed by atoms with E-state index >= 15 is 0 Å². The molecule has 7 nitrogen and oxygen atoms in total. The molecule has 3 rings (SSSR count). The van der Waals surface area contributed by atoms with Crippen molar-refractivity contribution in [3.8, 4) is 5.75 Å². The largest absolute Gasteiger partial charge is 0.497 e. The number of carbonyl (C=O) groups excluding carboxylic acids is 2. The highest BCUT2D eigenvalue weighted by atomic mass is 16.5. The van der Waals surface area contributed by atoms with Gasteiger partial charge in [0.1, 0.15) is 12.3 Å². The van der Waals surface area contributed by atoms with Crippen LogP contribution in [0.4, 0.5) is 4.79 Å². The molecule has 1 unspecified atom stereocenters. The number of likely N-dealkylation sites (N-methyl/N-ethyl adjacent to an activating group) is 1. The van der Waals surface area contributed by atoms with Gasteiger partial charge in [-0.3, -0.25) is 4.79 Å². The lowest BCUT2D eigenvalue weighted by Gasteiger charge is -2.38. The predicted octanol–water partition coefficient (Wildman–Crippen LogP) is 2.48.